The summed E-state index contributed by atoms with van der Waals surface area (Å²) >= 11 is 0. The van der Waals surface area contributed by atoms with Crippen LogP contribution in [-0.2, 0) is 11.8 Å². The summed E-state index contributed by atoms with van der Waals surface area (Å²) in [6.45, 7) is 2.22. The molecule has 3 rings (SSSR count). The van der Waals surface area contributed by atoms with Gasteiger partial charge in [0.1, 0.15) is 5.75 Å². The maximum absolute atomic E-state index is 9.79. The van der Waals surface area contributed by atoms with E-state index in [0.717, 1.165) is 25.7 Å². The predicted octanol–water partition coefficient (Wildman–Crippen LogP) is 2.89. The van der Waals surface area contributed by atoms with Crippen molar-refractivity contribution in [3.63, 3.8) is 0 Å². The molecular weight excluding hydrogens is 222 g/mol. The van der Waals surface area contributed by atoms with Gasteiger partial charge in [-0.25, -0.2) is 0 Å². The van der Waals surface area contributed by atoms with Crippen LogP contribution >= 0.6 is 0 Å². The van der Waals surface area contributed by atoms with Crippen LogP contribution in [0.4, 0.5) is 0 Å². The summed E-state index contributed by atoms with van der Waals surface area (Å²) < 4.78 is 0. The summed E-state index contributed by atoms with van der Waals surface area (Å²) in [5.41, 5.74) is 9.25. The van der Waals surface area contributed by atoms with Gasteiger partial charge in [0.2, 0.25) is 0 Å². The number of nitrogens with two attached hydrogens (primary N) is 1. The van der Waals surface area contributed by atoms with E-state index in [2.05, 4.69) is 25.1 Å². The number of phenolic OH excluding ortho intramolecular Hbond substituents is 1. The fourth-order valence-corrected chi connectivity index (χ4v) is 3.86. The quantitative estimate of drug-likeness (QED) is 0.745. The second-order valence-electron chi connectivity index (χ2n) is 5.75. The lowest BCUT2D eigenvalue weighted by Gasteiger charge is -2.46. The van der Waals surface area contributed by atoms with E-state index >= 15 is 0 Å². The molecule has 0 heterocycles. The van der Waals surface area contributed by atoms with Gasteiger partial charge in [-0.3, -0.25) is 0 Å². The number of hydrogen-bond donors (Lipinski definition) is 2. The normalized spacial score (nSPS) is 33.9. The first-order chi connectivity index (χ1) is 8.67. The molecule has 3 atom stereocenters. The van der Waals surface area contributed by atoms with E-state index in [9.17, 15) is 5.11 Å². The molecule has 2 heteroatoms. The third-order valence-corrected chi connectivity index (χ3v) is 4.98. The fourth-order valence-electron chi connectivity index (χ4n) is 3.86. The van der Waals surface area contributed by atoms with Crippen LogP contribution in [0.5, 0.6) is 5.75 Å². The number of phenols is 1. The van der Waals surface area contributed by atoms with Crippen LogP contribution in [-0.4, -0.2) is 11.1 Å². The molecule has 0 fully saturated rings. The van der Waals surface area contributed by atoms with Crippen molar-refractivity contribution in [2.75, 3.05) is 0 Å². The number of benzene rings is 1. The van der Waals surface area contributed by atoms with Gasteiger partial charge >= 0.3 is 0 Å². The summed E-state index contributed by atoms with van der Waals surface area (Å²) in [5.74, 6) is 0.904. The first kappa shape index (κ1) is 11.8. The Hall–Kier alpha value is -1.28. The number of fused-ring (bicyclic) bond motifs is 4. The van der Waals surface area contributed by atoms with Crippen molar-refractivity contribution in [1.82, 2.24) is 0 Å². The Labute approximate surface area is 109 Å². The highest BCUT2D eigenvalue weighted by Gasteiger charge is 2.45. The van der Waals surface area contributed by atoms with Crippen molar-refractivity contribution in [3.8, 4) is 5.75 Å². The van der Waals surface area contributed by atoms with Crippen LogP contribution in [0.2, 0.25) is 0 Å². The molecule has 0 amide bonds. The van der Waals surface area contributed by atoms with Crippen LogP contribution in [0, 0.1) is 5.92 Å². The van der Waals surface area contributed by atoms with E-state index < -0.39 is 0 Å². The van der Waals surface area contributed by atoms with Gasteiger partial charge in [-0.2, -0.15) is 0 Å². The molecule has 18 heavy (non-hydrogen) atoms. The van der Waals surface area contributed by atoms with Crippen molar-refractivity contribution in [3.05, 3.63) is 41.5 Å². The molecule has 1 aromatic rings. The third kappa shape index (κ3) is 1.52. The van der Waals surface area contributed by atoms with E-state index in [-0.39, 0.29) is 11.5 Å². The molecule has 2 aliphatic carbocycles. The van der Waals surface area contributed by atoms with Crippen LogP contribution in [0.3, 0.4) is 0 Å². The largest absolute Gasteiger partial charge is 0.508 e. The maximum Gasteiger partial charge on any atom is 0.115 e. The molecule has 1 unspecified atom stereocenters. The standard InChI is InChI=1S/C16H21NO/c1-2-16-8-4-3-5-12(15(16)17)9-11-6-7-13(18)10-14(11)16/h3-4,6-7,10,12,15,18H,2,5,8-9,17H2,1H3/t12?,15-,16+/m0/s1. The first-order valence-electron chi connectivity index (χ1n) is 6.90. The molecular formula is C16H21NO. The molecule has 2 nitrogen and oxygen atoms in total. The lowest BCUT2D eigenvalue weighted by molar-refractivity contribution is 0.233. The molecule has 0 spiro atoms. The number of aromatic hydroxyl groups is 1. The minimum absolute atomic E-state index is 0.0178. The third-order valence-electron chi connectivity index (χ3n) is 4.98. The molecule has 96 valence electrons. The topological polar surface area (TPSA) is 46.2 Å². The number of allylic oxidation sites excluding steroid dienone is 2. The van der Waals surface area contributed by atoms with Gasteiger partial charge < -0.3 is 10.8 Å². The summed E-state index contributed by atoms with van der Waals surface area (Å²) in [4.78, 5) is 0. The van der Waals surface area contributed by atoms with Crippen molar-refractivity contribution in [1.29, 1.82) is 0 Å². The van der Waals surface area contributed by atoms with Gasteiger partial charge in [-0.15, -0.1) is 0 Å². The average Bonchev–Trinajstić information content (AvgIpc) is 2.48. The SMILES string of the molecule is CC[C@@]12CC=CCC(Cc3ccc(O)cc31)[C@@H]2N. The molecule has 3 N–H and O–H groups in total. The highest BCUT2D eigenvalue weighted by Crippen LogP contribution is 2.47. The van der Waals surface area contributed by atoms with Gasteiger partial charge in [0.25, 0.3) is 0 Å². The zero-order valence-electron chi connectivity index (χ0n) is 10.9. The van der Waals surface area contributed by atoms with Gasteiger partial charge in [-0.1, -0.05) is 25.1 Å². The number of rotatable bonds is 1. The molecule has 0 radical (unpaired) electrons. The molecule has 0 aliphatic heterocycles. The zero-order valence-corrected chi connectivity index (χ0v) is 10.9. The minimum Gasteiger partial charge on any atom is -0.508 e. The maximum atomic E-state index is 9.79. The molecule has 0 saturated carbocycles. The van der Waals surface area contributed by atoms with Crippen molar-refractivity contribution >= 4 is 0 Å². The second kappa shape index (κ2) is 4.13. The summed E-state index contributed by atoms with van der Waals surface area (Å²) in [7, 11) is 0. The Morgan fingerprint density at radius 1 is 1.39 bits per heavy atom. The lowest BCUT2D eigenvalue weighted by atomic mass is 9.60. The Morgan fingerprint density at radius 2 is 2.22 bits per heavy atom. The van der Waals surface area contributed by atoms with Gasteiger partial charge in [0, 0.05) is 11.5 Å². The highest BCUT2D eigenvalue weighted by molar-refractivity contribution is 5.45. The molecule has 1 aromatic carbocycles. The van der Waals surface area contributed by atoms with Crippen molar-refractivity contribution in [2.24, 2.45) is 11.7 Å². The summed E-state index contributed by atoms with van der Waals surface area (Å²) in [5, 5.41) is 9.79. The first-order valence-corrected chi connectivity index (χ1v) is 6.90. The smallest absolute Gasteiger partial charge is 0.115 e. The molecule has 0 saturated heterocycles. The van der Waals surface area contributed by atoms with E-state index in [1.54, 1.807) is 6.07 Å². The molecule has 2 bridgehead atoms. The molecule has 2 aliphatic rings. The monoisotopic (exact) mass is 243 g/mol. The minimum atomic E-state index is 0.0178. The van der Waals surface area contributed by atoms with Crippen molar-refractivity contribution < 1.29 is 5.11 Å². The van der Waals surface area contributed by atoms with E-state index in [4.69, 9.17) is 5.73 Å². The van der Waals surface area contributed by atoms with Gasteiger partial charge in [0.15, 0.2) is 0 Å². The predicted molar refractivity (Wildman–Crippen MR) is 73.6 cm³/mol. The molecule has 0 aromatic heterocycles. The van der Waals surface area contributed by atoms with Crippen LogP contribution in [0.15, 0.2) is 30.4 Å². The van der Waals surface area contributed by atoms with Crippen LogP contribution in [0.1, 0.15) is 37.3 Å². The fraction of sp³-hybridized carbons (Fsp3) is 0.500. The van der Waals surface area contributed by atoms with Crippen molar-refractivity contribution in [2.45, 2.75) is 44.1 Å². The summed E-state index contributed by atoms with van der Waals surface area (Å²) in [6.07, 6.45) is 8.73. The Bertz CT molecular complexity index is 494. The van der Waals surface area contributed by atoms with Gasteiger partial charge in [0.05, 0.1) is 0 Å². The Kier molecular flexibility index (Phi) is 2.70. The Morgan fingerprint density at radius 3 is 3.00 bits per heavy atom. The Balaban J connectivity index is 2.21. The average molecular weight is 243 g/mol. The van der Waals surface area contributed by atoms with Crippen LogP contribution in [0.25, 0.3) is 0 Å². The zero-order chi connectivity index (χ0) is 12.8. The van der Waals surface area contributed by atoms with E-state index in [1.807, 2.05) is 6.07 Å². The second-order valence-corrected chi connectivity index (χ2v) is 5.75. The van der Waals surface area contributed by atoms with Crippen LogP contribution < -0.4 is 5.73 Å². The number of hydrogen-bond acceptors (Lipinski definition) is 2. The summed E-state index contributed by atoms with van der Waals surface area (Å²) in [6, 6.07) is 6.03. The van der Waals surface area contributed by atoms with E-state index in [1.165, 1.54) is 11.1 Å². The van der Waals surface area contributed by atoms with Gasteiger partial charge in [-0.05, 0) is 54.9 Å². The highest BCUT2D eigenvalue weighted by atomic mass is 16.3. The van der Waals surface area contributed by atoms with E-state index in [0.29, 0.717) is 11.7 Å². The lowest BCUT2D eigenvalue weighted by Crippen LogP contribution is -2.52.